The summed E-state index contributed by atoms with van der Waals surface area (Å²) in [5.74, 6) is -0.500. The number of carboxylic acids is 1. The number of fused-ring (bicyclic) bond motifs is 3. The number of hydrogen-bond donors (Lipinski definition) is 2. The maximum atomic E-state index is 15.2. The Morgan fingerprint density at radius 1 is 1.31 bits per heavy atom. The van der Waals surface area contributed by atoms with E-state index in [2.05, 4.69) is 16.0 Å². The minimum atomic E-state index is -0.855. The van der Waals surface area contributed by atoms with E-state index in [1.807, 2.05) is 32.0 Å². The summed E-state index contributed by atoms with van der Waals surface area (Å²) in [6, 6.07) is 10.8. The average molecular weight is 396 g/mol. The smallest absolute Gasteiger partial charge is 0.304 e. The van der Waals surface area contributed by atoms with Gasteiger partial charge in [-0.15, -0.1) is 0 Å². The molecule has 0 radical (unpaired) electrons. The second kappa shape index (κ2) is 7.87. The molecule has 2 heterocycles. The van der Waals surface area contributed by atoms with Crippen molar-refractivity contribution < 1.29 is 19.0 Å². The van der Waals surface area contributed by atoms with Crippen LogP contribution in [0.5, 0.6) is 5.75 Å². The molecule has 6 heteroatoms. The number of aliphatic carboxylic acids is 1. The summed E-state index contributed by atoms with van der Waals surface area (Å²) in [5.41, 5.74) is 4.44. The van der Waals surface area contributed by atoms with Gasteiger partial charge in [0.05, 0.1) is 19.1 Å². The zero-order chi connectivity index (χ0) is 20.5. The highest BCUT2D eigenvalue weighted by Crippen LogP contribution is 2.42. The summed E-state index contributed by atoms with van der Waals surface area (Å²) < 4.78 is 20.9. The fourth-order valence-electron chi connectivity index (χ4n) is 4.42. The Morgan fingerprint density at radius 3 is 2.86 bits per heavy atom. The van der Waals surface area contributed by atoms with Gasteiger partial charge in [0.15, 0.2) is 0 Å². The lowest BCUT2D eigenvalue weighted by atomic mass is 9.89. The molecule has 152 valence electrons. The van der Waals surface area contributed by atoms with Gasteiger partial charge in [0, 0.05) is 35.2 Å². The first-order chi connectivity index (χ1) is 14.0. The molecule has 2 N–H and O–H groups in total. The van der Waals surface area contributed by atoms with Crippen LogP contribution in [0, 0.1) is 12.7 Å². The predicted octanol–water partition coefficient (Wildman–Crippen LogP) is 4.44. The highest BCUT2D eigenvalue weighted by molar-refractivity contribution is 5.85. The maximum Gasteiger partial charge on any atom is 0.304 e. The van der Waals surface area contributed by atoms with Gasteiger partial charge in [0.1, 0.15) is 11.6 Å². The zero-order valence-electron chi connectivity index (χ0n) is 16.7. The van der Waals surface area contributed by atoms with Crippen LogP contribution in [0.4, 0.5) is 4.39 Å². The number of nitrogens with one attached hydrogen (secondary N) is 1. The van der Waals surface area contributed by atoms with E-state index < -0.39 is 5.97 Å². The van der Waals surface area contributed by atoms with E-state index in [1.54, 1.807) is 6.07 Å². The summed E-state index contributed by atoms with van der Waals surface area (Å²) >= 11 is 0. The van der Waals surface area contributed by atoms with Crippen LogP contribution in [0.15, 0.2) is 36.4 Å². The van der Waals surface area contributed by atoms with Crippen molar-refractivity contribution in [2.45, 2.75) is 32.7 Å². The van der Waals surface area contributed by atoms with E-state index >= 15 is 4.39 Å². The van der Waals surface area contributed by atoms with Crippen molar-refractivity contribution in [1.82, 2.24) is 9.88 Å². The van der Waals surface area contributed by atoms with Gasteiger partial charge in [-0.25, -0.2) is 4.39 Å². The lowest BCUT2D eigenvalue weighted by Crippen LogP contribution is -2.38. The number of carbonyl (C=O) groups is 1. The number of halogens is 1. The number of aromatic amines is 1. The van der Waals surface area contributed by atoms with Crippen LogP contribution in [-0.4, -0.2) is 40.7 Å². The van der Waals surface area contributed by atoms with Gasteiger partial charge in [0.25, 0.3) is 0 Å². The Balaban J connectivity index is 1.89. The summed E-state index contributed by atoms with van der Waals surface area (Å²) in [4.78, 5) is 16.8. The number of ether oxygens (including phenoxy) is 1. The van der Waals surface area contributed by atoms with E-state index in [-0.39, 0.29) is 18.3 Å². The number of nitrogens with zero attached hydrogens (tertiary/aromatic N) is 1. The molecule has 1 aliphatic heterocycles. The van der Waals surface area contributed by atoms with Crippen molar-refractivity contribution in [3.63, 3.8) is 0 Å². The number of rotatable bonds is 6. The second-order valence-electron chi connectivity index (χ2n) is 7.41. The van der Waals surface area contributed by atoms with E-state index in [4.69, 9.17) is 4.74 Å². The number of carboxylic acid groups (broad SMARTS) is 1. The van der Waals surface area contributed by atoms with E-state index in [1.165, 1.54) is 11.6 Å². The standard InChI is InChI=1S/C23H25FN2O3/c1-3-29-19-9-8-17(24)21(14(19)2)23-22-16(10-12-26(23)13-11-20(27)28)15-6-4-5-7-18(15)25-22/h4-9,23,25H,3,10-13H2,1-2H3,(H,27,28). The molecule has 4 rings (SSSR count). The van der Waals surface area contributed by atoms with Crippen molar-refractivity contribution >= 4 is 16.9 Å². The molecule has 1 aromatic heterocycles. The van der Waals surface area contributed by atoms with Gasteiger partial charge in [-0.2, -0.15) is 0 Å². The summed E-state index contributed by atoms with van der Waals surface area (Å²) in [7, 11) is 0. The molecule has 0 saturated carbocycles. The summed E-state index contributed by atoms with van der Waals surface area (Å²) in [5, 5.41) is 10.3. The first-order valence-electron chi connectivity index (χ1n) is 9.98. The molecule has 0 fully saturated rings. The lowest BCUT2D eigenvalue weighted by Gasteiger charge is -2.37. The van der Waals surface area contributed by atoms with E-state index in [0.717, 1.165) is 28.6 Å². The van der Waals surface area contributed by atoms with E-state index in [9.17, 15) is 9.90 Å². The van der Waals surface area contributed by atoms with Crippen LogP contribution >= 0.6 is 0 Å². The van der Waals surface area contributed by atoms with Crippen molar-refractivity contribution in [2.24, 2.45) is 0 Å². The summed E-state index contributed by atoms with van der Waals surface area (Å²) in [6.45, 7) is 5.29. The predicted molar refractivity (Wildman–Crippen MR) is 110 cm³/mol. The molecule has 0 saturated heterocycles. The quantitative estimate of drug-likeness (QED) is 0.647. The third-order valence-electron chi connectivity index (χ3n) is 5.73. The van der Waals surface area contributed by atoms with Gasteiger partial charge in [-0.3, -0.25) is 9.69 Å². The maximum absolute atomic E-state index is 15.2. The molecule has 0 amide bonds. The van der Waals surface area contributed by atoms with Gasteiger partial charge in [-0.1, -0.05) is 18.2 Å². The number of aromatic nitrogens is 1. The Labute approximate surface area is 169 Å². The lowest BCUT2D eigenvalue weighted by molar-refractivity contribution is -0.137. The van der Waals surface area contributed by atoms with Crippen LogP contribution in [0.25, 0.3) is 10.9 Å². The molecular formula is C23H25FN2O3. The molecule has 0 bridgehead atoms. The van der Waals surface area contributed by atoms with Crippen LogP contribution in [-0.2, 0) is 11.2 Å². The Bertz CT molecular complexity index is 1060. The Morgan fingerprint density at radius 2 is 2.10 bits per heavy atom. The molecule has 5 nitrogen and oxygen atoms in total. The monoisotopic (exact) mass is 396 g/mol. The largest absolute Gasteiger partial charge is 0.494 e. The third-order valence-corrected chi connectivity index (χ3v) is 5.73. The van der Waals surface area contributed by atoms with Crippen LogP contribution in [0.1, 0.15) is 41.8 Å². The number of hydrogen-bond acceptors (Lipinski definition) is 3. The van der Waals surface area contributed by atoms with Gasteiger partial charge in [-0.05, 0) is 49.6 Å². The first kappa shape index (κ1) is 19.5. The van der Waals surface area contributed by atoms with Crippen molar-refractivity contribution in [3.8, 4) is 5.75 Å². The molecule has 1 atom stereocenters. The van der Waals surface area contributed by atoms with Gasteiger partial charge >= 0.3 is 5.97 Å². The van der Waals surface area contributed by atoms with Crippen LogP contribution in [0.2, 0.25) is 0 Å². The van der Waals surface area contributed by atoms with E-state index in [0.29, 0.717) is 31.0 Å². The minimum absolute atomic E-state index is 0.0118. The Kier molecular flexibility index (Phi) is 5.28. The third kappa shape index (κ3) is 3.49. The molecule has 0 spiro atoms. The minimum Gasteiger partial charge on any atom is -0.494 e. The van der Waals surface area contributed by atoms with Crippen LogP contribution in [0.3, 0.4) is 0 Å². The zero-order valence-corrected chi connectivity index (χ0v) is 16.7. The van der Waals surface area contributed by atoms with Crippen LogP contribution < -0.4 is 4.74 Å². The molecule has 1 unspecified atom stereocenters. The second-order valence-corrected chi connectivity index (χ2v) is 7.41. The van der Waals surface area contributed by atoms with Gasteiger partial charge < -0.3 is 14.8 Å². The van der Waals surface area contributed by atoms with Crippen molar-refractivity contribution in [1.29, 1.82) is 0 Å². The van der Waals surface area contributed by atoms with Gasteiger partial charge in [0.2, 0.25) is 0 Å². The average Bonchev–Trinajstić information content (AvgIpc) is 3.08. The summed E-state index contributed by atoms with van der Waals surface area (Å²) in [6.07, 6.45) is 0.805. The number of benzene rings is 2. The normalized spacial score (nSPS) is 16.7. The van der Waals surface area contributed by atoms with Crippen molar-refractivity contribution in [3.05, 3.63) is 64.6 Å². The Hall–Kier alpha value is -2.86. The molecular weight excluding hydrogens is 371 g/mol. The molecule has 0 aliphatic carbocycles. The molecule has 2 aromatic carbocycles. The topological polar surface area (TPSA) is 65.6 Å². The highest BCUT2D eigenvalue weighted by Gasteiger charge is 2.35. The first-order valence-corrected chi connectivity index (χ1v) is 9.98. The molecule has 1 aliphatic rings. The molecule has 3 aromatic rings. The molecule has 29 heavy (non-hydrogen) atoms. The fourth-order valence-corrected chi connectivity index (χ4v) is 4.42. The van der Waals surface area contributed by atoms with Crippen molar-refractivity contribution in [2.75, 3.05) is 19.7 Å². The SMILES string of the molecule is CCOc1ccc(F)c(C2c3[nH]c4ccccc4c3CCN2CCC(=O)O)c1C. The number of H-pyrrole nitrogens is 1. The fraction of sp³-hybridized carbons (Fsp3) is 0.348. The number of para-hydroxylation sites is 1. The highest BCUT2D eigenvalue weighted by atomic mass is 19.1.